The number of hydrogen-bond acceptors (Lipinski definition) is 3. The van der Waals surface area contributed by atoms with Gasteiger partial charge in [-0.25, -0.2) is 4.79 Å². The highest BCUT2D eigenvalue weighted by Crippen LogP contribution is 2.06. The zero-order chi connectivity index (χ0) is 16.4. The van der Waals surface area contributed by atoms with Gasteiger partial charge in [0.1, 0.15) is 5.60 Å². The van der Waals surface area contributed by atoms with E-state index in [0.29, 0.717) is 6.54 Å². The topological polar surface area (TPSA) is 55.3 Å². The van der Waals surface area contributed by atoms with Crippen LogP contribution in [0.3, 0.4) is 0 Å². The molecule has 1 heterocycles. The zero-order valence-electron chi connectivity index (χ0n) is 14.2. The van der Waals surface area contributed by atoms with Crippen LogP contribution in [0.2, 0.25) is 0 Å². The van der Waals surface area contributed by atoms with Gasteiger partial charge in [0.25, 0.3) is 0 Å². The van der Waals surface area contributed by atoms with Gasteiger partial charge in [0.2, 0.25) is 0 Å². The van der Waals surface area contributed by atoms with Crippen molar-refractivity contribution in [1.29, 1.82) is 0 Å². The molecule has 124 valence electrons. The van der Waals surface area contributed by atoms with Crippen LogP contribution in [0.4, 0.5) is 4.79 Å². The fraction of sp³-hybridized carbons (Fsp3) is 0.588. The fourth-order valence-corrected chi connectivity index (χ4v) is 1.98. The van der Waals surface area contributed by atoms with Gasteiger partial charge in [-0.05, 0) is 39.3 Å². The van der Waals surface area contributed by atoms with Crippen molar-refractivity contribution in [1.82, 2.24) is 15.2 Å². The number of ether oxygens (including phenoxy) is 1. The van der Waals surface area contributed by atoms with Crippen molar-refractivity contribution in [2.24, 2.45) is 0 Å². The second-order valence-electron chi connectivity index (χ2n) is 6.18. The summed E-state index contributed by atoms with van der Waals surface area (Å²) < 4.78 is 7.41. The highest BCUT2D eigenvalue weighted by Gasteiger charge is 2.14. The highest BCUT2D eigenvalue weighted by atomic mass is 16.6. The standard InChI is InChI=1S/C17H29N3O2/c1-5-12-20-13-8-9-15(20)14-18-10-6-7-11-19-16(21)22-17(2,3)4/h6-9,13,18H,5,10-12,14H2,1-4H3,(H,19,21)/b7-6+. The monoisotopic (exact) mass is 307 g/mol. The van der Waals surface area contributed by atoms with E-state index in [9.17, 15) is 4.79 Å². The van der Waals surface area contributed by atoms with Crippen molar-refractivity contribution in [2.45, 2.75) is 52.8 Å². The maximum absolute atomic E-state index is 11.4. The third-order valence-corrected chi connectivity index (χ3v) is 2.89. The van der Waals surface area contributed by atoms with Gasteiger partial charge in [-0.15, -0.1) is 0 Å². The molecule has 1 aromatic rings. The van der Waals surface area contributed by atoms with Crippen LogP contribution in [-0.4, -0.2) is 29.4 Å². The molecule has 0 radical (unpaired) electrons. The van der Waals surface area contributed by atoms with Crippen LogP contribution in [0.5, 0.6) is 0 Å². The maximum Gasteiger partial charge on any atom is 0.407 e. The molecule has 0 saturated carbocycles. The minimum Gasteiger partial charge on any atom is -0.444 e. The van der Waals surface area contributed by atoms with Crippen molar-refractivity contribution >= 4 is 6.09 Å². The van der Waals surface area contributed by atoms with Crippen LogP contribution in [0, 0.1) is 0 Å². The van der Waals surface area contributed by atoms with Crippen LogP contribution in [0.15, 0.2) is 30.5 Å². The minimum atomic E-state index is -0.456. The summed E-state index contributed by atoms with van der Waals surface area (Å²) in [5, 5.41) is 6.05. The van der Waals surface area contributed by atoms with E-state index in [4.69, 9.17) is 4.74 Å². The number of carbonyl (C=O) groups is 1. The maximum atomic E-state index is 11.4. The third-order valence-electron chi connectivity index (χ3n) is 2.89. The van der Waals surface area contributed by atoms with Gasteiger partial charge in [0, 0.05) is 38.1 Å². The Morgan fingerprint density at radius 1 is 1.32 bits per heavy atom. The Morgan fingerprint density at radius 2 is 2.05 bits per heavy atom. The molecule has 0 fully saturated rings. The number of amides is 1. The Labute approximate surface area is 133 Å². The van der Waals surface area contributed by atoms with Crippen molar-refractivity contribution in [2.75, 3.05) is 13.1 Å². The molecule has 1 rings (SSSR count). The number of aromatic nitrogens is 1. The average molecular weight is 307 g/mol. The molecule has 0 aliphatic carbocycles. The Morgan fingerprint density at radius 3 is 2.73 bits per heavy atom. The molecule has 1 amide bonds. The van der Waals surface area contributed by atoms with Gasteiger partial charge in [-0.2, -0.15) is 0 Å². The van der Waals surface area contributed by atoms with E-state index in [1.807, 2.05) is 32.9 Å². The first-order valence-electron chi connectivity index (χ1n) is 7.89. The summed E-state index contributed by atoms with van der Waals surface area (Å²) in [6, 6.07) is 4.21. The number of hydrogen-bond donors (Lipinski definition) is 2. The van der Waals surface area contributed by atoms with E-state index in [1.165, 1.54) is 5.69 Å². The molecule has 0 saturated heterocycles. The Kier molecular flexibility index (Phi) is 7.74. The largest absolute Gasteiger partial charge is 0.444 e. The normalized spacial score (nSPS) is 11.8. The lowest BCUT2D eigenvalue weighted by Crippen LogP contribution is -2.32. The van der Waals surface area contributed by atoms with E-state index in [1.54, 1.807) is 0 Å². The number of rotatable bonds is 8. The number of carbonyl (C=O) groups excluding carboxylic acids is 1. The average Bonchev–Trinajstić information content (AvgIpc) is 2.83. The first-order valence-corrected chi connectivity index (χ1v) is 7.89. The summed E-state index contributed by atoms with van der Waals surface area (Å²) in [5.74, 6) is 0. The first kappa shape index (κ1) is 18.3. The molecule has 5 heteroatoms. The van der Waals surface area contributed by atoms with Crippen LogP contribution in [-0.2, 0) is 17.8 Å². The van der Waals surface area contributed by atoms with Crippen LogP contribution in [0.25, 0.3) is 0 Å². The van der Waals surface area contributed by atoms with E-state index >= 15 is 0 Å². The number of aryl methyl sites for hydroxylation is 1. The molecule has 0 unspecified atom stereocenters. The van der Waals surface area contributed by atoms with Gasteiger partial charge in [0.05, 0.1) is 0 Å². The van der Waals surface area contributed by atoms with Crippen molar-refractivity contribution in [3.8, 4) is 0 Å². The first-order chi connectivity index (χ1) is 10.4. The summed E-state index contributed by atoms with van der Waals surface area (Å²) in [7, 11) is 0. The van der Waals surface area contributed by atoms with Gasteiger partial charge >= 0.3 is 6.09 Å². The smallest absolute Gasteiger partial charge is 0.407 e. The summed E-state index contributed by atoms with van der Waals surface area (Å²) in [4.78, 5) is 11.4. The molecule has 1 aromatic heterocycles. The summed E-state index contributed by atoms with van der Waals surface area (Å²) in [6.07, 6.45) is 6.79. The predicted molar refractivity (Wildman–Crippen MR) is 89.8 cm³/mol. The van der Waals surface area contributed by atoms with E-state index in [-0.39, 0.29) is 6.09 Å². The molecule has 0 atom stereocenters. The van der Waals surface area contributed by atoms with Crippen molar-refractivity contribution in [3.05, 3.63) is 36.2 Å². The lowest BCUT2D eigenvalue weighted by Gasteiger charge is -2.19. The Hall–Kier alpha value is -1.75. The summed E-state index contributed by atoms with van der Waals surface area (Å²) in [5.41, 5.74) is 0.838. The predicted octanol–water partition coefficient (Wildman–Crippen LogP) is 3.07. The molecule has 0 aliphatic rings. The van der Waals surface area contributed by atoms with Crippen molar-refractivity contribution < 1.29 is 9.53 Å². The van der Waals surface area contributed by atoms with Crippen LogP contribution >= 0.6 is 0 Å². The van der Waals surface area contributed by atoms with E-state index in [2.05, 4.69) is 40.5 Å². The molecule has 22 heavy (non-hydrogen) atoms. The van der Waals surface area contributed by atoms with Gasteiger partial charge < -0.3 is 19.9 Å². The lowest BCUT2D eigenvalue weighted by atomic mass is 10.2. The Balaban J connectivity index is 2.14. The van der Waals surface area contributed by atoms with E-state index in [0.717, 1.165) is 26.1 Å². The molecule has 2 N–H and O–H groups in total. The molecule has 0 aliphatic heterocycles. The quantitative estimate of drug-likeness (QED) is 0.573. The minimum absolute atomic E-state index is 0.387. The summed E-state index contributed by atoms with van der Waals surface area (Å²) >= 11 is 0. The lowest BCUT2D eigenvalue weighted by molar-refractivity contribution is 0.0534. The molecule has 0 bridgehead atoms. The SMILES string of the molecule is CCCn1cccc1CNC/C=C/CNC(=O)OC(C)(C)C. The molecule has 0 spiro atoms. The van der Waals surface area contributed by atoms with Gasteiger partial charge in [-0.1, -0.05) is 19.1 Å². The number of nitrogens with one attached hydrogen (secondary N) is 2. The number of alkyl carbamates (subject to hydrolysis) is 1. The Bertz CT molecular complexity index is 472. The fourth-order valence-electron chi connectivity index (χ4n) is 1.98. The zero-order valence-corrected chi connectivity index (χ0v) is 14.2. The second kappa shape index (κ2) is 9.30. The van der Waals surface area contributed by atoms with Crippen LogP contribution in [0.1, 0.15) is 39.8 Å². The molecular formula is C17H29N3O2. The molecule has 5 nitrogen and oxygen atoms in total. The molecular weight excluding hydrogens is 278 g/mol. The second-order valence-corrected chi connectivity index (χ2v) is 6.18. The summed E-state index contributed by atoms with van der Waals surface area (Å²) in [6.45, 7) is 10.9. The number of nitrogens with zero attached hydrogens (tertiary/aromatic N) is 1. The van der Waals surface area contributed by atoms with Gasteiger partial charge in [-0.3, -0.25) is 0 Å². The van der Waals surface area contributed by atoms with Gasteiger partial charge in [0.15, 0.2) is 0 Å². The van der Waals surface area contributed by atoms with Crippen LogP contribution < -0.4 is 10.6 Å². The van der Waals surface area contributed by atoms with E-state index < -0.39 is 5.60 Å². The third kappa shape index (κ3) is 7.88. The highest BCUT2D eigenvalue weighted by molar-refractivity contribution is 5.67. The molecule has 0 aromatic carbocycles. The van der Waals surface area contributed by atoms with Crippen molar-refractivity contribution in [3.63, 3.8) is 0 Å².